The first-order valence-electron chi connectivity index (χ1n) is 12.9. The minimum atomic E-state index is -1.04. The first-order valence-corrected chi connectivity index (χ1v) is 12.9. The van der Waals surface area contributed by atoms with E-state index in [0.717, 1.165) is 0 Å². The van der Waals surface area contributed by atoms with Crippen LogP contribution in [0.2, 0.25) is 0 Å². The molecule has 3 aromatic carbocycles. The van der Waals surface area contributed by atoms with Crippen LogP contribution in [0, 0.1) is 23.3 Å². The van der Waals surface area contributed by atoms with E-state index >= 15 is 8.78 Å². The van der Waals surface area contributed by atoms with Crippen LogP contribution in [0.25, 0.3) is 11.1 Å². The largest absolute Gasteiger partial charge is 0.490 e. The second-order valence-corrected chi connectivity index (χ2v) is 9.69. The average Bonchev–Trinajstić information content (AvgIpc) is 2.92. The first kappa shape index (κ1) is 27.9. The van der Waals surface area contributed by atoms with E-state index in [1.807, 2.05) is 0 Å². The minimum absolute atomic E-state index is 0.0867. The van der Waals surface area contributed by atoms with Crippen LogP contribution in [0.3, 0.4) is 0 Å². The Morgan fingerprint density at radius 1 is 0.895 bits per heavy atom. The van der Waals surface area contributed by atoms with Crippen molar-refractivity contribution in [2.75, 3.05) is 6.61 Å². The third-order valence-electron chi connectivity index (χ3n) is 7.11. The van der Waals surface area contributed by atoms with Gasteiger partial charge in [0.05, 0.1) is 25.4 Å². The Kier molecular flexibility index (Phi) is 9.23. The maximum atomic E-state index is 15.1. The molecule has 3 aromatic rings. The zero-order valence-corrected chi connectivity index (χ0v) is 21.4. The van der Waals surface area contributed by atoms with Crippen LogP contribution >= 0.6 is 0 Å². The second kappa shape index (κ2) is 12.6. The van der Waals surface area contributed by atoms with Crippen molar-refractivity contribution in [2.45, 2.75) is 63.8 Å². The van der Waals surface area contributed by atoms with Crippen molar-refractivity contribution >= 4 is 0 Å². The zero-order valence-electron chi connectivity index (χ0n) is 21.4. The van der Waals surface area contributed by atoms with Crippen molar-refractivity contribution in [1.29, 1.82) is 0 Å². The van der Waals surface area contributed by atoms with Gasteiger partial charge in [0.25, 0.3) is 0 Å². The van der Waals surface area contributed by atoms with E-state index in [4.69, 9.17) is 9.47 Å². The highest BCUT2D eigenvalue weighted by Gasteiger charge is 2.27. The van der Waals surface area contributed by atoms with Gasteiger partial charge in [0.2, 0.25) is 5.82 Å². The summed E-state index contributed by atoms with van der Waals surface area (Å²) in [6.45, 7) is 5.33. The molecule has 1 atom stereocenters. The molecule has 0 saturated heterocycles. The molecule has 4 rings (SSSR count). The normalized spacial score (nSPS) is 18.3. The zero-order chi connectivity index (χ0) is 27.2. The quantitative estimate of drug-likeness (QED) is 0.164. The van der Waals surface area contributed by atoms with E-state index in [1.54, 1.807) is 49.4 Å². The SMILES string of the molecule is C=CCCOc1ccc(COC2CCC(c3ccc(-c4ccc(C(C)O)cc4)c(F)c3F)CC2)c(F)c1F. The summed E-state index contributed by atoms with van der Waals surface area (Å²) in [6.07, 6.45) is 3.71. The van der Waals surface area contributed by atoms with Crippen molar-refractivity contribution < 1.29 is 32.1 Å². The number of aliphatic hydroxyl groups is 1. The number of ether oxygens (including phenoxy) is 2. The summed E-state index contributed by atoms with van der Waals surface area (Å²) in [4.78, 5) is 0. The lowest BCUT2D eigenvalue weighted by molar-refractivity contribution is 0.0116. The monoisotopic (exact) mass is 528 g/mol. The average molecular weight is 529 g/mol. The standard InChI is InChI=1S/C31H32F4O3/c1-3-4-17-37-27-16-11-23(28(32)31(27)35)18-38-24-12-9-22(10-13-24)26-15-14-25(29(33)30(26)34)21-7-5-20(6-8-21)19(2)36/h3,5-8,11,14-16,19,22,24,36H,1,4,9-10,12-13,17-18H2,2H3. The summed E-state index contributed by atoms with van der Waals surface area (Å²) in [6, 6.07) is 12.8. The molecule has 202 valence electrons. The van der Waals surface area contributed by atoms with Crippen LogP contribution in [0.5, 0.6) is 5.75 Å². The van der Waals surface area contributed by atoms with Crippen molar-refractivity contribution in [3.05, 3.63) is 101 Å². The number of hydrogen-bond acceptors (Lipinski definition) is 3. The minimum Gasteiger partial charge on any atom is -0.490 e. The van der Waals surface area contributed by atoms with Gasteiger partial charge in [0.15, 0.2) is 23.2 Å². The van der Waals surface area contributed by atoms with Crippen LogP contribution in [-0.2, 0) is 11.3 Å². The molecule has 1 fully saturated rings. The van der Waals surface area contributed by atoms with Crippen molar-refractivity contribution in [3.8, 4) is 16.9 Å². The molecule has 1 N–H and O–H groups in total. The molecule has 3 nitrogen and oxygen atoms in total. The Balaban J connectivity index is 1.34. The predicted octanol–water partition coefficient (Wildman–Crippen LogP) is 8.16. The Morgan fingerprint density at radius 3 is 2.26 bits per heavy atom. The molecular weight excluding hydrogens is 496 g/mol. The van der Waals surface area contributed by atoms with Gasteiger partial charge in [-0.3, -0.25) is 0 Å². The molecule has 1 aliphatic rings. The summed E-state index contributed by atoms with van der Waals surface area (Å²) < 4.78 is 69.9. The highest BCUT2D eigenvalue weighted by atomic mass is 19.2. The maximum Gasteiger partial charge on any atom is 0.200 e. The van der Waals surface area contributed by atoms with Gasteiger partial charge in [0.1, 0.15) is 0 Å². The number of hydrogen-bond donors (Lipinski definition) is 1. The lowest BCUT2D eigenvalue weighted by Crippen LogP contribution is -2.21. The van der Waals surface area contributed by atoms with Gasteiger partial charge in [-0.25, -0.2) is 13.2 Å². The number of rotatable bonds is 10. The predicted molar refractivity (Wildman–Crippen MR) is 139 cm³/mol. The van der Waals surface area contributed by atoms with Gasteiger partial charge in [-0.15, -0.1) is 6.58 Å². The van der Waals surface area contributed by atoms with E-state index in [9.17, 15) is 13.9 Å². The number of halogens is 4. The summed E-state index contributed by atoms with van der Waals surface area (Å²) in [5.41, 5.74) is 1.85. The maximum absolute atomic E-state index is 15.1. The van der Waals surface area contributed by atoms with Crippen LogP contribution in [-0.4, -0.2) is 17.8 Å². The second-order valence-electron chi connectivity index (χ2n) is 9.69. The smallest absolute Gasteiger partial charge is 0.200 e. The molecular formula is C31H32F4O3. The fourth-order valence-corrected chi connectivity index (χ4v) is 4.84. The molecule has 0 heterocycles. The van der Waals surface area contributed by atoms with Crippen LogP contribution in [0.4, 0.5) is 17.6 Å². The Bertz CT molecular complexity index is 1250. The molecule has 7 heteroatoms. The molecule has 0 amide bonds. The van der Waals surface area contributed by atoms with E-state index in [1.165, 1.54) is 12.1 Å². The van der Waals surface area contributed by atoms with Crippen molar-refractivity contribution in [3.63, 3.8) is 0 Å². The van der Waals surface area contributed by atoms with Gasteiger partial charge >= 0.3 is 0 Å². The van der Waals surface area contributed by atoms with Crippen LogP contribution in [0.1, 0.15) is 67.7 Å². The third-order valence-corrected chi connectivity index (χ3v) is 7.11. The van der Waals surface area contributed by atoms with E-state index in [-0.39, 0.29) is 42.1 Å². The fourth-order valence-electron chi connectivity index (χ4n) is 4.84. The van der Waals surface area contributed by atoms with E-state index < -0.39 is 29.4 Å². The van der Waals surface area contributed by atoms with E-state index in [2.05, 4.69) is 6.58 Å². The summed E-state index contributed by atoms with van der Waals surface area (Å²) >= 11 is 0. The van der Waals surface area contributed by atoms with Gasteiger partial charge in [0, 0.05) is 11.1 Å². The van der Waals surface area contributed by atoms with E-state index in [0.29, 0.717) is 48.8 Å². The van der Waals surface area contributed by atoms with Crippen LogP contribution in [0.15, 0.2) is 61.2 Å². The topological polar surface area (TPSA) is 38.7 Å². The molecule has 0 spiro atoms. The molecule has 1 saturated carbocycles. The fraction of sp³-hybridized carbons (Fsp3) is 0.355. The number of aliphatic hydroxyl groups excluding tert-OH is 1. The third kappa shape index (κ3) is 6.27. The van der Waals surface area contributed by atoms with Crippen LogP contribution < -0.4 is 4.74 Å². The first-order chi connectivity index (χ1) is 18.3. The van der Waals surface area contributed by atoms with Gasteiger partial charge < -0.3 is 14.6 Å². The molecule has 1 aliphatic carbocycles. The van der Waals surface area contributed by atoms with Gasteiger partial charge in [-0.1, -0.05) is 42.5 Å². The molecule has 0 radical (unpaired) electrons. The lowest BCUT2D eigenvalue weighted by atomic mass is 9.82. The molecule has 0 bridgehead atoms. The highest BCUT2D eigenvalue weighted by Crippen LogP contribution is 2.38. The highest BCUT2D eigenvalue weighted by molar-refractivity contribution is 5.65. The van der Waals surface area contributed by atoms with Crippen molar-refractivity contribution in [2.24, 2.45) is 0 Å². The summed E-state index contributed by atoms with van der Waals surface area (Å²) in [5.74, 6) is -4.07. The Hall–Kier alpha value is -3.16. The number of benzene rings is 3. The summed E-state index contributed by atoms with van der Waals surface area (Å²) in [5, 5.41) is 9.66. The van der Waals surface area contributed by atoms with Crippen molar-refractivity contribution in [1.82, 2.24) is 0 Å². The molecule has 0 aliphatic heterocycles. The molecule has 38 heavy (non-hydrogen) atoms. The van der Waals surface area contributed by atoms with Gasteiger partial charge in [-0.2, -0.15) is 4.39 Å². The Morgan fingerprint density at radius 2 is 1.61 bits per heavy atom. The summed E-state index contributed by atoms with van der Waals surface area (Å²) in [7, 11) is 0. The Labute approximate surface area is 220 Å². The van der Waals surface area contributed by atoms with Gasteiger partial charge in [-0.05, 0) is 73.8 Å². The lowest BCUT2D eigenvalue weighted by Gasteiger charge is -2.29. The molecule has 0 aromatic heterocycles. The molecule has 1 unspecified atom stereocenters.